The van der Waals surface area contributed by atoms with Crippen molar-refractivity contribution in [3.05, 3.63) is 59.7 Å². The molecule has 1 amide bonds. The number of benzene rings is 1. The van der Waals surface area contributed by atoms with E-state index in [1.807, 2.05) is 0 Å². The number of nitrogens with zero attached hydrogens (tertiary/aromatic N) is 1. The van der Waals surface area contributed by atoms with Crippen LogP contribution in [0.4, 0.5) is 13.2 Å². The van der Waals surface area contributed by atoms with Crippen LogP contribution < -0.4 is 15.8 Å². The van der Waals surface area contributed by atoms with E-state index in [9.17, 15) is 22.8 Å². The molecule has 1 aromatic heterocycles. The second-order valence-corrected chi connectivity index (χ2v) is 6.32. The molecule has 0 aliphatic rings. The third-order valence-electron chi connectivity index (χ3n) is 4.12. The van der Waals surface area contributed by atoms with Gasteiger partial charge in [-0.15, -0.1) is 0 Å². The van der Waals surface area contributed by atoms with Gasteiger partial charge in [-0.1, -0.05) is 25.0 Å². The highest BCUT2D eigenvalue weighted by Crippen LogP contribution is 2.21. The van der Waals surface area contributed by atoms with Gasteiger partial charge in [0.05, 0.1) is 6.04 Å². The number of ketones is 1. The van der Waals surface area contributed by atoms with Crippen LogP contribution in [0.25, 0.3) is 0 Å². The van der Waals surface area contributed by atoms with Crippen molar-refractivity contribution in [1.82, 2.24) is 10.3 Å². The van der Waals surface area contributed by atoms with Gasteiger partial charge >= 0.3 is 0 Å². The van der Waals surface area contributed by atoms with E-state index in [-0.39, 0.29) is 12.1 Å². The highest BCUT2D eigenvalue weighted by atomic mass is 19.1. The second kappa shape index (κ2) is 11.2. The van der Waals surface area contributed by atoms with Gasteiger partial charge in [0, 0.05) is 0 Å². The molecule has 6 nitrogen and oxygen atoms in total. The Balaban J connectivity index is 2.05. The number of carbonyl (C=O) groups is 2. The van der Waals surface area contributed by atoms with Crippen molar-refractivity contribution in [1.29, 1.82) is 0 Å². The van der Waals surface area contributed by atoms with Crippen LogP contribution in [0.15, 0.2) is 36.4 Å². The predicted molar refractivity (Wildman–Crippen MR) is 99.8 cm³/mol. The molecule has 2 rings (SSSR count). The van der Waals surface area contributed by atoms with Crippen LogP contribution in [-0.4, -0.2) is 35.9 Å². The number of amides is 1. The van der Waals surface area contributed by atoms with Crippen LogP contribution in [-0.2, 0) is 4.79 Å². The summed E-state index contributed by atoms with van der Waals surface area (Å²) in [5, 5.41) is 2.49. The number of nitrogens with two attached hydrogens (primary N) is 1. The van der Waals surface area contributed by atoms with E-state index in [0.717, 1.165) is 31.0 Å². The summed E-state index contributed by atoms with van der Waals surface area (Å²) in [5.74, 6) is -4.69. The quantitative estimate of drug-likeness (QED) is 0.440. The summed E-state index contributed by atoms with van der Waals surface area (Å²) in [5.41, 5.74) is 5.26. The van der Waals surface area contributed by atoms with Crippen LogP contribution in [0.2, 0.25) is 0 Å². The van der Waals surface area contributed by atoms with Gasteiger partial charge in [0.25, 0.3) is 5.91 Å². The van der Waals surface area contributed by atoms with Crippen LogP contribution in [0, 0.1) is 17.6 Å². The first-order chi connectivity index (χ1) is 13.9. The molecule has 29 heavy (non-hydrogen) atoms. The number of nitrogens with one attached hydrogen (secondary N) is 1. The van der Waals surface area contributed by atoms with Gasteiger partial charge in [-0.05, 0) is 43.7 Å². The lowest BCUT2D eigenvalue weighted by atomic mass is 10.0. The van der Waals surface area contributed by atoms with Gasteiger partial charge in [-0.25, -0.2) is 13.8 Å². The zero-order valence-corrected chi connectivity index (χ0v) is 15.7. The van der Waals surface area contributed by atoms with Crippen LogP contribution in [0.5, 0.6) is 5.75 Å². The molecular formula is C20H22F3N3O3. The molecule has 0 saturated carbocycles. The normalized spacial score (nSPS) is 11.7. The molecule has 0 aliphatic heterocycles. The third-order valence-corrected chi connectivity index (χ3v) is 4.12. The lowest BCUT2D eigenvalue weighted by Gasteiger charge is -2.18. The van der Waals surface area contributed by atoms with Crippen molar-refractivity contribution in [3.63, 3.8) is 0 Å². The number of hydrogen-bond acceptors (Lipinski definition) is 5. The molecule has 9 heteroatoms. The Hall–Kier alpha value is -2.94. The van der Waals surface area contributed by atoms with Crippen molar-refractivity contribution in [2.75, 3.05) is 13.2 Å². The number of hydrogen-bond donors (Lipinski definition) is 2. The smallest absolute Gasteiger partial charge is 0.270 e. The summed E-state index contributed by atoms with van der Waals surface area (Å²) in [6.07, 6.45) is 2.33. The zero-order chi connectivity index (χ0) is 21.2. The van der Waals surface area contributed by atoms with E-state index < -0.39 is 47.7 Å². The molecule has 0 bridgehead atoms. The van der Waals surface area contributed by atoms with Crippen molar-refractivity contribution in [3.8, 4) is 5.75 Å². The Morgan fingerprint density at radius 2 is 1.72 bits per heavy atom. The standard InChI is InChI=1S/C20H22F3N3O3/c21-13-6-4-7-14(22)19(13)29-12-17(27)15(8-2-1-3-11-24)26-20(28)16-9-5-10-18(23)25-16/h4-7,9-10,15H,1-3,8,11-12,24H2,(H,26,28)/t15-/m0/s1. The van der Waals surface area contributed by atoms with E-state index in [1.54, 1.807) is 0 Å². The molecule has 1 aromatic carbocycles. The highest BCUT2D eigenvalue weighted by Gasteiger charge is 2.23. The number of aromatic nitrogens is 1. The fraction of sp³-hybridized carbons (Fsp3) is 0.350. The number of rotatable bonds is 11. The Morgan fingerprint density at radius 1 is 1.03 bits per heavy atom. The molecular weight excluding hydrogens is 387 g/mol. The molecule has 2 aromatic rings. The molecule has 0 spiro atoms. The maximum atomic E-state index is 13.7. The molecule has 1 heterocycles. The van der Waals surface area contributed by atoms with E-state index in [1.165, 1.54) is 18.2 Å². The average molecular weight is 409 g/mol. The lowest BCUT2D eigenvalue weighted by molar-refractivity contribution is -0.123. The second-order valence-electron chi connectivity index (χ2n) is 6.32. The van der Waals surface area contributed by atoms with E-state index in [0.29, 0.717) is 13.0 Å². The topological polar surface area (TPSA) is 94.3 Å². The molecule has 0 saturated heterocycles. The molecule has 3 N–H and O–H groups in total. The van der Waals surface area contributed by atoms with Gasteiger partial charge in [-0.2, -0.15) is 4.39 Å². The first kappa shape index (κ1) is 22.4. The maximum Gasteiger partial charge on any atom is 0.270 e. The molecule has 0 unspecified atom stereocenters. The summed E-state index contributed by atoms with van der Waals surface area (Å²) in [6.45, 7) is -0.149. The van der Waals surface area contributed by atoms with Gasteiger partial charge in [0.1, 0.15) is 12.3 Å². The summed E-state index contributed by atoms with van der Waals surface area (Å²) in [6, 6.07) is 5.91. The molecule has 0 radical (unpaired) electrons. The molecule has 1 atom stereocenters. The van der Waals surface area contributed by atoms with Crippen molar-refractivity contribution >= 4 is 11.7 Å². The summed E-state index contributed by atoms with van der Waals surface area (Å²) in [7, 11) is 0. The van der Waals surface area contributed by atoms with E-state index in [4.69, 9.17) is 10.5 Å². The molecule has 156 valence electrons. The third kappa shape index (κ3) is 6.86. The number of Topliss-reactive ketones (excluding diaryl/α,β-unsaturated/α-hetero) is 1. The number of halogens is 3. The summed E-state index contributed by atoms with van der Waals surface area (Å²) >= 11 is 0. The Bertz CT molecular complexity index is 828. The predicted octanol–water partition coefficient (Wildman–Crippen LogP) is 2.76. The van der Waals surface area contributed by atoms with Crippen molar-refractivity contribution in [2.24, 2.45) is 5.73 Å². The van der Waals surface area contributed by atoms with Gasteiger partial charge in [0.15, 0.2) is 23.2 Å². The Kier molecular flexibility index (Phi) is 8.60. The van der Waals surface area contributed by atoms with Crippen molar-refractivity contribution < 1.29 is 27.5 Å². The Morgan fingerprint density at radius 3 is 2.38 bits per heavy atom. The minimum absolute atomic E-state index is 0.189. The number of ether oxygens (including phenoxy) is 1. The molecule has 0 aliphatic carbocycles. The van der Waals surface area contributed by atoms with Crippen LogP contribution >= 0.6 is 0 Å². The van der Waals surface area contributed by atoms with Gasteiger partial charge in [0.2, 0.25) is 5.95 Å². The van der Waals surface area contributed by atoms with E-state index >= 15 is 0 Å². The largest absolute Gasteiger partial charge is 0.480 e. The average Bonchev–Trinajstić information content (AvgIpc) is 2.69. The fourth-order valence-corrected chi connectivity index (χ4v) is 2.61. The summed E-state index contributed by atoms with van der Waals surface area (Å²) < 4.78 is 45.5. The Labute approximate surface area is 166 Å². The zero-order valence-electron chi connectivity index (χ0n) is 15.7. The van der Waals surface area contributed by atoms with Crippen molar-refractivity contribution in [2.45, 2.75) is 31.7 Å². The first-order valence-electron chi connectivity index (χ1n) is 9.15. The number of unbranched alkanes of at least 4 members (excludes halogenated alkanes) is 2. The fourth-order valence-electron chi connectivity index (χ4n) is 2.61. The maximum absolute atomic E-state index is 13.7. The number of carbonyl (C=O) groups excluding carboxylic acids is 2. The molecule has 0 fully saturated rings. The van der Waals surface area contributed by atoms with Crippen LogP contribution in [0.3, 0.4) is 0 Å². The minimum Gasteiger partial charge on any atom is -0.480 e. The first-order valence-corrected chi connectivity index (χ1v) is 9.15. The number of pyridine rings is 1. The highest BCUT2D eigenvalue weighted by molar-refractivity contribution is 5.96. The van der Waals surface area contributed by atoms with Gasteiger partial charge < -0.3 is 15.8 Å². The van der Waals surface area contributed by atoms with Gasteiger partial charge in [-0.3, -0.25) is 9.59 Å². The summed E-state index contributed by atoms with van der Waals surface area (Å²) in [4.78, 5) is 28.3. The van der Waals surface area contributed by atoms with Crippen LogP contribution in [0.1, 0.15) is 36.2 Å². The SMILES string of the molecule is NCCCCC[C@H](NC(=O)c1cccc(F)n1)C(=O)COc1c(F)cccc1F. The van der Waals surface area contributed by atoms with E-state index in [2.05, 4.69) is 10.3 Å². The number of para-hydroxylation sites is 1. The monoisotopic (exact) mass is 409 g/mol. The minimum atomic E-state index is -0.986. The lowest BCUT2D eigenvalue weighted by Crippen LogP contribution is -2.43.